The van der Waals surface area contributed by atoms with Crippen LogP contribution in [0.15, 0.2) is 15.4 Å². The van der Waals surface area contributed by atoms with E-state index in [2.05, 4.69) is 26.1 Å². The minimum absolute atomic E-state index is 0.0129. The summed E-state index contributed by atoms with van der Waals surface area (Å²) in [6.07, 6.45) is 3.24. The number of nitrogens with one attached hydrogen (secondary N) is 1. The minimum Gasteiger partial charge on any atom is -0.361 e. The Kier molecular flexibility index (Phi) is 2.92. The van der Waals surface area contributed by atoms with Gasteiger partial charge in [-0.3, -0.25) is 9.69 Å². The van der Waals surface area contributed by atoms with Crippen LogP contribution in [0.2, 0.25) is 0 Å². The third-order valence-electron chi connectivity index (χ3n) is 4.21. The summed E-state index contributed by atoms with van der Waals surface area (Å²) < 4.78 is 5.38. The predicted molar refractivity (Wildman–Crippen MR) is 75.9 cm³/mol. The maximum Gasteiger partial charge on any atom is 0.255 e. The minimum atomic E-state index is -0.0129. The molecule has 0 atom stereocenters. The second-order valence-electron chi connectivity index (χ2n) is 6.03. The van der Waals surface area contributed by atoms with E-state index in [1.807, 2.05) is 6.92 Å². The number of hydrogen-bond acceptors (Lipinski definition) is 5. The Morgan fingerprint density at radius 3 is 3.14 bits per heavy atom. The Bertz CT molecular complexity index is 730. The van der Waals surface area contributed by atoms with E-state index in [0.29, 0.717) is 18.3 Å². The molecule has 1 fully saturated rings. The van der Waals surface area contributed by atoms with Gasteiger partial charge in [0, 0.05) is 38.0 Å². The fourth-order valence-electron chi connectivity index (χ4n) is 2.93. The van der Waals surface area contributed by atoms with Crippen LogP contribution in [-0.2, 0) is 19.5 Å². The van der Waals surface area contributed by atoms with Crippen molar-refractivity contribution in [3.8, 4) is 0 Å². The standard InChI is InChI=1S/C15H18N4O2/c1-9-16-13-4-5-19(8-12(13)15(20)17-9)7-11-6-14(21-18-11)10-2-3-10/h6,10H,2-5,7-8H2,1H3,(H,16,17,20). The van der Waals surface area contributed by atoms with Crippen molar-refractivity contribution in [2.24, 2.45) is 0 Å². The van der Waals surface area contributed by atoms with Crippen molar-refractivity contribution in [1.82, 2.24) is 20.0 Å². The molecule has 110 valence electrons. The van der Waals surface area contributed by atoms with Gasteiger partial charge in [-0.1, -0.05) is 5.16 Å². The molecule has 4 rings (SSSR count). The van der Waals surface area contributed by atoms with E-state index in [4.69, 9.17) is 4.52 Å². The molecule has 3 heterocycles. The summed E-state index contributed by atoms with van der Waals surface area (Å²) in [5.74, 6) is 2.29. The van der Waals surface area contributed by atoms with Crippen molar-refractivity contribution < 1.29 is 4.52 Å². The molecule has 2 aromatic heterocycles. The van der Waals surface area contributed by atoms with Crippen molar-refractivity contribution in [1.29, 1.82) is 0 Å². The van der Waals surface area contributed by atoms with Gasteiger partial charge in [-0.15, -0.1) is 0 Å². The first-order valence-electron chi connectivity index (χ1n) is 7.45. The normalized spacial score (nSPS) is 18.7. The van der Waals surface area contributed by atoms with E-state index in [9.17, 15) is 4.79 Å². The Morgan fingerprint density at radius 1 is 1.48 bits per heavy atom. The highest BCUT2D eigenvalue weighted by molar-refractivity contribution is 5.21. The lowest BCUT2D eigenvalue weighted by molar-refractivity contribution is 0.233. The van der Waals surface area contributed by atoms with Gasteiger partial charge in [-0.25, -0.2) is 4.98 Å². The Balaban J connectivity index is 1.51. The molecule has 0 amide bonds. The van der Waals surface area contributed by atoms with Crippen LogP contribution in [0.25, 0.3) is 0 Å². The van der Waals surface area contributed by atoms with E-state index in [1.54, 1.807) is 0 Å². The lowest BCUT2D eigenvalue weighted by atomic mass is 10.1. The zero-order valence-electron chi connectivity index (χ0n) is 12.1. The molecule has 1 N–H and O–H groups in total. The van der Waals surface area contributed by atoms with E-state index in [-0.39, 0.29) is 5.56 Å². The molecule has 0 unspecified atom stereocenters. The molecule has 2 aromatic rings. The van der Waals surface area contributed by atoms with Gasteiger partial charge in [0.05, 0.1) is 17.0 Å². The molecule has 2 aliphatic rings. The van der Waals surface area contributed by atoms with Crippen molar-refractivity contribution in [2.75, 3.05) is 6.54 Å². The number of aromatic nitrogens is 3. The Labute approximate surface area is 122 Å². The number of H-pyrrole nitrogens is 1. The van der Waals surface area contributed by atoms with Crippen molar-refractivity contribution >= 4 is 0 Å². The zero-order chi connectivity index (χ0) is 14.4. The molecule has 1 aliphatic carbocycles. The van der Waals surface area contributed by atoms with Gasteiger partial charge in [-0.2, -0.15) is 0 Å². The predicted octanol–water partition coefficient (Wildman–Crippen LogP) is 1.50. The van der Waals surface area contributed by atoms with E-state index >= 15 is 0 Å². The largest absolute Gasteiger partial charge is 0.361 e. The number of aromatic amines is 1. The fraction of sp³-hybridized carbons (Fsp3) is 0.533. The van der Waals surface area contributed by atoms with E-state index in [0.717, 1.165) is 42.2 Å². The van der Waals surface area contributed by atoms with E-state index in [1.165, 1.54) is 12.8 Å². The van der Waals surface area contributed by atoms with Crippen LogP contribution in [0.1, 0.15) is 47.3 Å². The molecule has 0 aromatic carbocycles. The topological polar surface area (TPSA) is 75.0 Å². The zero-order valence-corrected chi connectivity index (χ0v) is 12.1. The smallest absolute Gasteiger partial charge is 0.255 e. The van der Waals surface area contributed by atoms with Gasteiger partial charge in [-0.05, 0) is 19.8 Å². The monoisotopic (exact) mass is 286 g/mol. The molecular weight excluding hydrogens is 268 g/mol. The first-order chi connectivity index (χ1) is 10.2. The summed E-state index contributed by atoms with van der Waals surface area (Å²) in [6, 6.07) is 2.06. The van der Waals surface area contributed by atoms with Crippen LogP contribution in [-0.4, -0.2) is 26.6 Å². The number of nitrogens with zero attached hydrogens (tertiary/aromatic N) is 3. The molecule has 6 heteroatoms. The summed E-state index contributed by atoms with van der Waals surface area (Å²) in [7, 11) is 0. The molecule has 0 bridgehead atoms. The molecule has 0 saturated heterocycles. The first-order valence-corrected chi connectivity index (χ1v) is 7.45. The number of hydrogen-bond donors (Lipinski definition) is 1. The van der Waals surface area contributed by atoms with Crippen LogP contribution in [0.3, 0.4) is 0 Å². The van der Waals surface area contributed by atoms with Gasteiger partial charge >= 0.3 is 0 Å². The van der Waals surface area contributed by atoms with Crippen LogP contribution in [0.4, 0.5) is 0 Å². The summed E-state index contributed by atoms with van der Waals surface area (Å²) in [5.41, 5.74) is 2.67. The average Bonchev–Trinajstić information content (AvgIpc) is 3.20. The Hall–Kier alpha value is -1.95. The SMILES string of the molecule is Cc1nc2c(c(=O)[nH]1)CN(Cc1cc(C3CC3)on1)CC2. The number of fused-ring (bicyclic) bond motifs is 1. The quantitative estimate of drug-likeness (QED) is 0.925. The third kappa shape index (κ3) is 2.51. The van der Waals surface area contributed by atoms with Crippen LogP contribution in [0.5, 0.6) is 0 Å². The summed E-state index contributed by atoms with van der Waals surface area (Å²) in [6.45, 7) is 4.07. The van der Waals surface area contributed by atoms with Crippen LogP contribution < -0.4 is 5.56 Å². The highest BCUT2D eigenvalue weighted by atomic mass is 16.5. The Morgan fingerprint density at radius 2 is 2.33 bits per heavy atom. The number of aryl methyl sites for hydroxylation is 1. The fourth-order valence-corrected chi connectivity index (χ4v) is 2.93. The molecule has 6 nitrogen and oxygen atoms in total. The number of rotatable bonds is 3. The van der Waals surface area contributed by atoms with E-state index < -0.39 is 0 Å². The van der Waals surface area contributed by atoms with Crippen molar-refractivity contribution in [3.05, 3.63) is 45.0 Å². The highest BCUT2D eigenvalue weighted by Gasteiger charge is 2.28. The molecule has 0 radical (unpaired) electrons. The molecule has 21 heavy (non-hydrogen) atoms. The summed E-state index contributed by atoms with van der Waals surface area (Å²) >= 11 is 0. The van der Waals surface area contributed by atoms with Gasteiger partial charge in [0.15, 0.2) is 0 Å². The first kappa shape index (κ1) is 12.8. The third-order valence-corrected chi connectivity index (χ3v) is 4.21. The average molecular weight is 286 g/mol. The molecular formula is C15H18N4O2. The van der Waals surface area contributed by atoms with Gasteiger partial charge in [0.2, 0.25) is 0 Å². The maximum absolute atomic E-state index is 12.0. The lowest BCUT2D eigenvalue weighted by Gasteiger charge is -2.26. The highest BCUT2D eigenvalue weighted by Crippen LogP contribution is 2.40. The lowest BCUT2D eigenvalue weighted by Crippen LogP contribution is -2.35. The van der Waals surface area contributed by atoms with Crippen molar-refractivity contribution in [3.63, 3.8) is 0 Å². The maximum atomic E-state index is 12.0. The second kappa shape index (κ2) is 4.80. The van der Waals surface area contributed by atoms with Crippen molar-refractivity contribution in [2.45, 2.75) is 45.2 Å². The summed E-state index contributed by atoms with van der Waals surface area (Å²) in [4.78, 5) is 21.5. The van der Waals surface area contributed by atoms with Gasteiger partial charge in [0.1, 0.15) is 11.6 Å². The molecule has 0 spiro atoms. The van der Waals surface area contributed by atoms with Crippen LogP contribution >= 0.6 is 0 Å². The second-order valence-corrected chi connectivity index (χ2v) is 6.03. The van der Waals surface area contributed by atoms with Gasteiger partial charge in [0.25, 0.3) is 5.56 Å². The van der Waals surface area contributed by atoms with Crippen LogP contribution in [0, 0.1) is 6.92 Å². The summed E-state index contributed by atoms with van der Waals surface area (Å²) in [5, 5.41) is 4.15. The molecule has 1 aliphatic heterocycles. The van der Waals surface area contributed by atoms with Gasteiger partial charge < -0.3 is 9.51 Å². The molecule has 1 saturated carbocycles.